The van der Waals surface area contributed by atoms with E-state index in [2.05, 4.69) is 16.5 Å². The van der Waals surface area contributed by atoms with Crippen LogP contribution in [0.15, 0.2) is 54.1 Å². The molecule has 2 aromatic rings. The number of sulfone groups is 1. The Balaban J connectivity index is 1.58. The molecule has 1 aromatic heterocycles. The lowest BCUT2D eigenvalue weighted by molar-refractivity contribution is 0.0270. The van der Waals surface area contributed by atoms with Crippen molar-refractivity contribution < 1.29 is 13.5 Å². The summed E-state index contributed by atoms with van der Waals surface area (Å²) in [5.41, 5.74) is 1.78. The first kappa shape index (κ1) is 19.6. The van der Waals surface area contributed by atoms with Crippen LogP contribution < -0.4 is 4.90 Å². The summed E-state index contributed by atoms with van der Waals surface area (Å²) in [5.74, 6) is 1.03. The summed E-state index contributed by atoms with van der Waals surface area (Å²) in [7, 11) is -3.25. The molecular formula is C21H25N2O3S. The summed E-state index contributed by atoms with van der Waals surface area (Å²) >= 11 is 0. The van der Waals surface area contributed by atoms with E-state index in [4.69, 9.17) is 0 Å². The molecule has 27 heavy (non-hydrogen) atoms. The highest BCUT2D eigenvalue weighted by molar-refractivity contribution is 7.90. The van der Waals surface area contributed by atoms with E-state index in [1.807, 2.05) is 18.2 Å². The molecule has 1 saturated heterocycles. The molecule has 1 radical (unpaired) electrons. The normalized spacial score (nSPS) is 16.9. The summed E-state index contributed by atoms with van der Waals surface area (Å²) in [6, 6.07) is 10.7. The number of hydrogen-bond donors (Lipinski definition) is 0. The van der Waals surface area contributed by atoms with Crippen molar-refractivity contribution in [2.24, 2.45) is 5.92 Å². The molecule has 0 bridgehead atoms. The van der Waals surface area contributed by atoms with Gasteiger partial charge in [0.1, 0.15) is 5.82 Å². The Bertz CT molecular complexity index is 886. The van der Waals surface area contributed by atoms with Crippen LogP contribution >= 0.6 is 0 Å². The van der Waals surface area contributed by atoms with Gasteiger partial charge in [-0.25, -0.2) is 18.5 Å². The summed E-state index contributed by atoms with van der Waals surface area (Å²) in [5, 5.41) is 12.7. The third-order valence-electron chi connectivity index (χ3n) is 5.16. The highest BCUT2D eigenvalue weighted by Gasteiger charge is 2.27. The molecule has 1 atom stereocenters. The number of benzene rings is 1. The van der Waals surface area contributed by atoms with Crippen LogP contribution in [0.4, 0.5) is 5.82 Å². The smallest absolute Gasteiger partial charge is 0.175 e. The minimum atomic E-state index is -3.25. The summed E-state index contributed by atoms with van der Waals surface area (Å²) in [4.78, 5) is 6.95. The predicted octanol–water partition coefficient (Wildman–Crippen LogP) is 3.39. The van der Waals surface area contributed by atoms with Crippen molar-refractivity contribution in [3.63, 3.8) is 0 Å². The Kier molecular flexibility index (Phi) is 5.97. The van der Waals surface area contributed by atoms with E-state index < -0.39 is 15.9 Å². The minimum absolute atomic E-state index is 0.0931. The number of nitrogens with zero attached hydrogens (tertiary/aromatic N) is 2. The van der Waals surface area contributed by atoms with Crippen LogP contribution in [0, 0.1) is 5.92 Å². The predicted molar refractivity (Wildman–Crippen MR) is 107 cm³/mol. The Morgan fingerprint density at radius 3 is 2.59 bits per heavy atom. The molecule has 0 amide bonds. The maximum absolute atomic E-state index is 12.7. The Morgan fingerprint density at radius 2 is 2.00 bits per heavy atom. The standard InChI is InChI=1S/C21H25N2O3S/c1-3-16-7-8-21(22-15-16)23-11-9-18(10-12-23)20(24)14-17-5-4-6-19(13-17)27(2,25)26/h3-8,13,15,18,20H,1,9-12,14H2,2H3. The molecular weight excluding hydrogens is 360 g/mol. The summed E-state index contributed by atoms with van der Waals surface area (Å²) < 4.78 is 23.4. The highest BCUT2D eigenvalue weighted by Crippen LogP contribution is 2.26. The Hall–Kier alpha value is -2.18. The summed E-state index contributed by atoms with van der Waals surface area (Å²) in [6.07, 6.45) is 6.05. The van der Waals surface area contributed by atoms with E-state index in [1.165, 1.54) is 6.26 Å². The van der Waals surface area contributed by atoms with Crippen LogP contribution in [0.25, 0.3) is 6.08 Å². The topological polar surface area (TPSA) is 70.2 Å². The lowest BCUT2D eigenvalue weighted by atomic mass is 9.88. The maximum atomic E-state index is 12.7. The maximum Gasteiger partial charge on any atom is 0.175 e. The van der Waals surface area contributed by atoms with E-state index in [0.717, 1.165) is 42.9 Å². The number of anilines is 1. The highest BCUT2D eigenvalue weighted by atomic mass is 32.2. The van der Waals surface area contributed by atoms with Crippen LogP contribution in [0.5, 0.6) is 0 Å². The minimum Gasteiger partial charge on any atom is -0.357 e. The van der Waals surface area contributed by atoms with E-state index in [-0.39, 0.29) is 10.8 Å². The molecule has 0 aliphatic carbocycles. The van der Waals surface area contributed by atoms with Gasteiger partial charge in [-0.3, -0.25) is 0 Å². The second kappa shape index (κ2) is 8.23. The van der Waals surface area contributed by atoms with Gasteiger partial charge in [0.25, 0.3) is 0 Å². The second-order valence-corrected chi connectivity index (χ2v) is 9.16. The van der Waals surface area contributed by atoms with Gasteiger partial charge in [-0.05, 0) is 54.2 Å². The zero-order chi connectivity index (χ0) is 19.4. The zero-order valence-corrected chi connectivity index (χ0v) is 16.4. The van der Waals surface area contributed by atoms with Gasteiger partial charge in [-0.2, -0.15) is 0 Å². The van der Waals surface area contributed by atoms with Crippen molar-refractivity contribution in [1.82, 2.24) is 4.98 Å². The van der Waals surface area contributed by atoms with Crippen LogP contribution in [0.1, 0.15) is 24.0 Å². The lowest BCUT2D eigenvalue weighted by Gasteiger charge is -2.34. The molecule has 1 fully saturated rings. The first-order chi connectivity index (χ1) is 12.9. The molecule has 1 unspecified atom stereocenters. The second-order valence-electron chi connectivity index (χ2n) is 7.14. The van der Waals surface area contributed by atoms with Gasteiger partial charge >= 0.3 is 0 Å². The third kappa shape index (κ3) is 4.96. The molecule has 3 rings (SSSR count). The van der Waals surface area contributed by atoms with Gasteiger partial charge in [0.05, 0.1) is 11.0 Å². The van der Waals surface area contributed by atoms with E-state index >= 15 is 0 Å². The summed E-state index contributed by atoms with van der Waals surface area (Å²) in [6.45, 7) is 5.36. The molecule has 0 N–H and O–H groups in total. The van der Waals surface area contributed by atoms with E-state index in [1.54, 1.807) is 30.5 Å². The molecule has 0 spiro atoms. The SMILES string of the molecule is C=Cc1ccc(N2CCC(C([O])Cc3cccc(S(C)(=O)=O)c3)CC2)nc1. The van der Waals surface area contributed by atoms with Crippen molar-refractivity contribution >= 4 is 21.7 Å². The number of piperidine rings is 1. The van der Waals surface area contributed by atoms with E-state index in [0.29, 0.717) is 6.42 Å². The van der Waals surface area contributed by atoms with Crippen LogP contribution in [0.2, 0.25) is 0 Å². The number of pyridine rings is 1. The molecule has 5 nitrogen and oxygen atoms in total. The van der Waals surface area contributed by atoms with Crippen molar-refractivity contribution in [1.29, 1.82) is 0 Å². The third-order valence-corrected chi connectivity index (χ3v) is 6.27. The number of rotatable bonds is 6. The Morgan fingerprint density at radius 1 is 1.26 bits per heavy atom. The first-order valence-electron chi connectivity index (χ1n) is 9.15. The average Bonchev–Trinajstić information content (AvgIpc) is 2.68. The van der Waals surface area contributed by atoms with Crippen molar-refractivity contribution in [3.05, 3.63) is 60.3 Å². The molecule has 1 aliphatic heterocycles. The Labute approximate surface area is 161 Å². The van der Waals surface area contributed by atoms with Crippen LogP contribution in [0.3, 0.4) is 0 Å². The number of hydrogen-bond acceptors (Lipinski definition) is 4. The average molecular weight is 386 g/mol. The fourth-order valence-electron chi connectivity index (χ4n) is 3.51. The quantitative estimate of drug-likeness (QED) is 0.764. The largest absolute Gasteiger partial charge is 0.357 e. The van der Waals surface area contributed by atoms with Crippen molar-refractivity contribution in [2.75, 3.05) is 24.2 Å². The van der Waals surface area contributed by atoms with Gasteiger partial charge in [-0.1, -0.05) is 24.8 Å². The molecule has 1 aromatic carbocycles. The van der Waals surface area contributed by atoms with Gasteiger partial charge in [0.15, 0.2) is 9.84 Å². The molecule has 1 aliphatic rings. The first-order valence-corrected chi connectivity index (χ1v) is 11.0. The van der Waals surface area contributed by atoms with Gasteiger partial charge in [0.2, 0.25) is 0 Å². The molecule has 0 saturated carbocycles. The van der Waals surface area contributed by atoms with E-state index in [9.17, 15) is 13.5 Å². The zero-order valence-electron chi connectivity index (χ0n) is 15.5. The lowest BCUT2D eigenvalue weighted by Crippen LogP contribution is -2.38. The van der Waals surface area contributed by atoms with Gasteiger partial charge < -0.3 is 4.90 Å². The molecule has 2 heterocycles. The van der Waals surface area contributed by atoms with Crippen molar-refractivity contribution in [3.8, 4) is 0 Å². The van der Waals surface area contributed by atoms with Gasteiger partial charge in [-0.15, -0.1) is 0 Å². The van der Waals surface area contributed by atoms with Crippen LogP contribution in [-0.4, -0.2) is 38.9 Å². The monoisotopic (exact) mass is 385 g/mol. The van der Waals surface area contributed by atoms with Gasteiger partial charge in [0, 0.05) is 32.0 Å². The van der Waals surface area contributed by atoms with Crippen LogP contribution in [-0.2, 0) is 21.4 Å². The fraction of sp³-hybridized carbons (Fsp3) is 0.381. The molecule has 6 heteroatoms. The van der Waals surface area contributed by atoms with Crippen molar-refractivity contribution in [2.45, 2.75) is 30.3 Å². The number of aromatic nitrogens is 1. The fourth-order valence-corrected chi connectivity index (χ4v) is 4.20. The molecule has 143 valence electrons.